The van der Waals surface area contributed by atoms with Crippen LogP contribution in [0.3, 0.4) is 0 Å². The molecule has 5 nitrogen and oxygen atoms in total. The topological polar surface area (TPSA) is 81.0 Å². The van der Waals surface area contributed by atoms with E-state index in [1.807, 2.05) is 0 Å². The Bertz CT molecular complexity index is 1040. The summed E-state index contributed by atoms with van der Waals surface area (Å²) in [5.41, 5.74) is 1.31. The third-order valence-electron chi connectivity index (χ3n) is 13.5. The van der Waals surface area contributed by atoms with Crippen LogP contribution in [0.1, 0.15) is 103 Å². The lowest BCUT2D eigenvalue weighted by atomic mass is 9.43. The molecule has 40 heavy (non-hydrogen) atoms. The van der Waals surface area contributed by atoms with Crippen molar-refractivity contribution in [2.24, 2.45) is 46.3 Å². The molecule has 0 radical (unpaired) electrons. The second kappa shape index (κ2) is 11.0. The summed E-state index contributed by atoms with van der Waals surface area (Å²) in [5, 5.41) is 33.7. The van der Waals surface area contributed by atoms with Crippen LogP contribution in [0.2, 0.25) is 0 Å². The molecule has 5 aliphatic rings. The molecule has 4 saturated carbocycles. The standard InChI is InChI=1S/C35H53NO4/c1-22(9-12-32(40)36-17-14-24(15-18-36)23-7-5-4-6-8-23)27-10-11-28-33-29(21-31(39)35(27,28)3)34(2)16-13-26(37)19-25(34)20-30(33)38/h4-8,22,24-31,33,37-39H,9-21H2,1-3H3/t22-,25+,26-,27-,28+,29+,30-,31+,33+,34+,35-/m1/s1. The zero-order valence-corrected chi connectivity index (χ0v) is 25.0. The van der Waals surface area contributed by atoms with Gasteiger partial charge in [-0.15, -0.1) is 0 Å². The van der Waals surface area contributed by atoms with E-state index in [1.54, 1.807) is 0 Å². The average Bonchev–Trinajstić information content (AvgIpc) is 3.32. The summed E-state index contributed by atoms with van der Waals surface area (Å²) < 4.78 is 0. The van der Waals surface area contributed by atoms with Gasteiger partial charge in [-0.2, -0.15) is 0 Å². The summed E-state index contributed by atoms with van der Waals surface area (Å²) in [5.74, 6) is 2.87. The van der Waals surface area contributed by atoms with Crippen LogP contribution < -0.4 is 0 Å². The number of fused-ring (bicyclic) bond motifs is 5. The largest absolute Gasteiger partial charge is 0.393 e. The van der Waals surface area contributed by atoms with Crippen molar-refractivity contribution in [3.8, 4) is 0 Å². The van der Waals surface area contributed by atoms with E-state index in [1.165, 1.54) is 5.56 Å². The zero-order chi connectivity index (χ0) is 28.2. The van der Waals surface area contributed by atoms with Gasteiger partial charge in [-0.1, -0.05) is 51.1 Å². The van der Waals surface area contributed by atoms with E-state index in [9.17, 15) is 20.1 Å². The first-order valence-electron chi connectivity index (χ1n) is 16.5. The van der Waals surface area contributed by atoms with Crippen LogP contribution in [0, 0.1) is 46.3 Å². The second-order valence-electron chi connectivity index (χ2n) is 15.1. The summed E-state index contributed by atoms with van der Waals surface area (Å²) in [4.78, 5) is 15.3. The van der Waals surface area contributed by atoms with Gasteiger partial charge in [0.1, 0.15) is 0 Å². The van der Waals surface area contributed by atoms with Crippen LogP contribution >= 0.6 is 0 Å². The van der Waals surface area contributed by atoms with Gasteiger partial charge in [-0.05, 0) is 122 Å². The molecule has 6 rings (SSSR count). The smallest absolute Gasteiger partial charge is 0.222 e. The van der Waals surface area contributed by atoms with Gasteiger partial charge in [0.05, 0.1) is 18.3 Å². The van der Waals surface area contributed by atoms with Gasteiger partial charge in [0, 0.05) is 19.5 Å². The number of hydrogen-bond donors (Lipinski definition) is 3. The number of aliphatic hydroxyl groups excluding tert-OH is 3. The van der Waals surface area contributed by atoms with Crippen molar-refractivity contribution < 1.29 is 20.1 Å². The third kappa shape index (κ3) is 4.76. The monoisotopic (exact) mass is 551 g/mol. The van der Waals surface area contributed by atoms with Crippen LogP contribution in [0.5, 0.6) is 0 Å². The fourth-order valence-corrected chi connectivity index (χ4v) is 11.0. The third-order valence-corrected chi connectivity index (χ3v) is 13.5. The molecule has 0 bridgehead atoms. The number of carbonyl (C=O) groups excluding carboxylic acids is 1. The molecule has 1 amide bonds. The maximum absolute atomic E-state index is 13.2. The molecule has 5 fully saturated rings. The van der Waals surface area contributed by atoms with Crippen molar-refractivity contribution >= 4 is 5.91 Å². The van der Waals surface area contributed by atoms with Gasteiger partial charge in [-0.25, -0.2) is 0 Å². The number of likely N-dealkylation sites (tertiary alicyclic amines) is 1. The number of amides is 1. The number of nitrogens with zero attached hydrogens (tertiary/aromatic N) is 1. The molecule has 1 aromatic rings. The van der Waals surface area contributed by atoms with Gasteiger partial charge in [0.25, 0.3) is 0 Å². The highest BCUT2D eigenvalue weighted by Gasteiger charge is 2.65. The zero-order valence-electron chi connectivity index (χ0n) is 25.0. The van der Waals surface area contributed by atoms with E-state index < -0.39 is 0 Å². The molecule has 1 heterocycles. The van der Waals surface area contributed by atoms with Crippen molar-refractivity contribution in [2.75, 3.05) is 13.1 Å². The lowest BCUT2D eigenvalue weighted by Crippen LogP contribution is -2.62. The van der Waals surface area contributed by atoms with Crippen LogP contribution in [-0.2, 0) is 4.79 Å². The van der Waals surface area contributed by atoms with E-state index in [0.29, 0.717) is 47.8 Å². The van der Waals surface area contributed by atoms with Crippen LogP contribution in [0.15, 0.2) is 30.3 Å². The molecular weight excluding hydrogens is 498 g/mol. The predicted molar refractivity (Wildman–Crippen MR) is 157 cm³/mol. The van der Waals surface area contributed by atoms with Gasteiger partial charge >= 0.3 is 0 Å². The highest BCUT2D eigenvalue weighted by atomic mass is 16.3. The molecule has 0 spiro atoms. The molecule has 222 valence electrons. The minimum absolute atomic E-state index is 0.107. The fraction of sp³-hybridized carbons (Fsp3) is 0.800. The normalized spacial score (nSPS) is 44.4. The molecular formula is C35H53NO4. The number of carbonyl (C=O) groups is 1. The quantitative estimate of drug-likeness (QED) is 0.434. The molecule has 11 atom stereocenters. The Kier molecular flexibility index (Phi) is 7.89. The molecule has 0 aromatic heterocycles. The first-order chi connectivity index (χ1) is 19.1. The highest BCUT2D eigenvalue weighted by molar-refractivity contribution is 5.76. The minimum atomic E-state index is -0.365. The summed E-state index contributed by atoms with van der Waals surface area (Å²) >= 11 is 0. The van der Waals surface area contributed by atoms with Crippen molar-refractivity contribution in [1.29, 1.82) is 0 Å². The van der Waals surface area contributed by atoms with Crippen LogP contribution in [0.4, 0.5) is 0 Å². The van der Waals surface area contributed by atoms with E-state index in [2.05, 4.69) is 56.0 Å². The Morgan fingerprint density at radius 3 is 2.40 bits per heavy atom. The lowest BCUT2D eigenvalue weighted by molar-refractivity contribution is -0.207. The summed E-state index contributed by atoms with van der Waals surface area (Å²) in [7, 11) is 0. The van der Waals surface area contributed by atoms with Crippen molar-refractivity contribution in [3.05, 3.63) is 35.9 Å². The lowest BCUT2D eigenvalue weighted by Gasteiger charge is -2.63. The summed E-state index contributed by atoms with van der Waals surface area (Å²) in [6.07, 6.45) is 9.02. The highest BCUT2D eigenvalue weighted by Crippen LogP contribution is 2.68. The Hall–Kier alpha value is -1.43. The van der Waals surface area contributed by atoms with Crippen LogP contribution in [0.25, 0.3) is 0 Å². The van der Waals surface area contributed by atoms with Gasteiger partial charge in [0.15, 0.2) is 0 Å². The van der Waals surface area contributed by atoms with Gasteiger partial charge < -0.3 is 20.2 Å². The molecule has 1 aromatic carbocycles. The molecule has 1 saturated heterocycles. The molecule has 5 heteroatoms. The molecule has 3 N–H and O–H groups in total. The Morgan fingerprint density at radius 2 is 1.68 bits per heavy atom. The minimum Gasteiger partial charge on any atom is -0.393 e. The molecule has 0 unspecified atom stereocenters. The van der Waals surface area contributed by atoms with E-state index in [-0.39, 0.29) is 35.1 Å². The SMILES string of the molecule is C[C@H](CCC(=O)N1CCC(c2ccccc2)CC1)[C@H]1CC[C@H]2[C@@H]3[C@H](O)C[C@@H]4C[C@H](O)CC[C@]4(C)[C@H]3C[C@H](O)[C@]12C. The Labute approximate surface area is 241 Å². The number of benzene rings is 1. The average molecular weight is 552 g/mol. The maximum Gasteiger partial charge on any atom is 0.222 e. The number of aliphatic hydroxyl groups is 3. The summed E-state index contributed by atoms with van der Waals surface area (Å²) in [6, 6.07) is 10.7. The van der Waals surface area contributed by atoms with E-state index in [4.69, 9.17) is 0 Å². The Morgan fingerprint density at radius 1 is 0.950 bits per heavy atom. The predicted octanol–water partition coefficient (Wildman–Crippen LogP) is 5.77. The van der Waals surface area contributed by atoms with Gasteiger partial charge in [0.2, 0.25) is 5.91 Å². The van der Waals surface area contributed by atoms with Crippen molar-refractivity contribution in [1.82, 2.24) is 4.90 Å². The number of piperidine rings is 1. The Balaban J connectivity index is 1.08. The maximum atomic E-state index is 13.2. The molecule has 4 aliphatic carbocycles. The number of hydrogen-bond acceptors (Lipinski definition) is 4. The van der Waals surface area contributed by atoms with E-state index in [0.717, 1.165) is 77.3 Å². The number of rotatable bonds is 5. The summed E-state index contributed by atoms with van der Waals surface area (Å²) in [6.45, 7) is 8.72. The van der Waals surface area contributed by atoms with Crippen LogP contribution in [-0.4, -0.2) is 57.5 Å². The first-order valence-corrected chi connectivity index (χ1v) is 16.5. The van der Waals surface area contributed by atoms with E-state index >= 15 is 0 Å². The fourth-order valence-electron chi connectivity index (χ4n) is 11.0. The van der Waals surface area contributed by atoms with Gasteiger partial charge in [-0.3, -0.25) is 4.79 Å². The van der Waals surface area contributed by atoms with Crippen molar-refractivity contribution in [3.63, 3.8) is 0 Å². The first kappa shape index (κ1) is 28.7. The second-order valence-corrected chi connectivity index (χ2v) is 15.1. The van der Waals surface area contributed by atoms with Crippen molar-refractivity contribution in [2.45, 2.75) is 116 Å². The molecule has 1 aliphatic heterocycles.